The van der Waals surface area contributed by atoms with Gasteiger partial charge in [-0.05, 0) is 0 Å². The first-order valence-corrected chi connectivity index (χ1v) is 4.85. The molecule has 1 unspecified atom stereocenters. The third-order valence-electron chi connectivity index (χ3n) is 1.40. The lowest BCUT2D eigenvalue weighted by atomic mass is 10.3. The zero-order chi connectivity index (χ0) is 10.6. The summed E-state index contributed by atoms with van der Waals surface area (Å²) in [4.78, 5) is 14.7. The number of carbonyl (C=O) groups is 1. The first kappa shape index (κ1) is 11.0. The van der Waals surface area contributed by atoms with Gasteiger partial charge in [0.15, 0.2) is 6.04 Å². The Hall–Kier alpha value is -1.09. The van der Waals surface area contributed by atoms with Crippen molar-refractivity contribution in [3.05, 3.63) is 15.5 Å². The van der Waals surface area contributed by atoms with Crippen LogP contribution in [-0.2, 0) is 4.79 Å². The second-order valence-corrected chi connectivity index (χ2v) is 4.05. The molecule has 74 valence electrons. The molecular formula is C8H7ClN2O2S. The number of nitrogens with zero attached hydrogens (tertiary/aromatic N) is 1. The predicted molar refractivity (Wildman–Crippen MR) is 54.3 cm³/mol. The largest absolute Gasteiger partial charge is 0.480 e. The van der Waals surface area contributed by atoms with Crippen molar-refractivity contribution in [2.45, 2.75) is 6.04 Å². The molecule has 1 aromatic rings. The summed E-state index contributed by atoms with van der Waals surface area (Å²) in [5.74, 6) is 1.28. The Morgan fingerprint density at radius 2 is 2.64 bits per heavy atom. The molecule has 4 nitrogen and oxygen atoms in total. The molecule has 1 aromatic heterocycles. The zero-order valence-corrected chi connectivity index (χ0v) is 8.60. The van der Waals surface area contributed by atoms with Crippen molar-refractivity contribution in [2.75, 3.05) is 6.54 Å². The summed E-state index contributed by atoms with van der Waals surface area (Å²) in [7, 11) is 0. The minimum atomic E-state index is -1.02. The van der Waals surface area contributed by atoms with Crippen LogP contribution in [-0.4, -0.2) is 22.6 Å². The molecule has 1 rings (SSSR count). The van der Waals surface area contributed by atoms with Crippen LogP contribution >= 0.6 is 22.9 Å². The van der Waals surface area contributed by atoms with Gasteiger partial charge in [-0.15, -0.1) is 17.8 Å². The van der Waals surface area contributed by atoms with E-state index in [1.165, 1.54) is 6.20 Å². The number of terminal acetylenes is 1. The Balaban J connectivity index is 2.78. The summed E-state index contributed by atoms with van der Waals surface area (Å²) >= 11 is 6.76. The van der Waals surface area contributed by atoms with Gasteiger partial charge >= 0.3 is 5.97 Å². The highest BCUT2D eigenvalue weighted by Crippen LogP contribution is 2.23. The molecule has 0 amide bonds. The Kier molecular flexibility index (Phi) is 3.89. The maximum Gasteiger partial charge on any atom is 0.327 e. The highest BCUT2D eigenvalue weighted by atomic mass is 35.5. The molecular weight excluding hydrogens is 224 g/mol. The van der Waals surface area contributed by atoms with Crippen LogP contribution in [0.1, 0.15) is 11.0 Å². The molecule has 0 spiro atoms. The van der Waals surface area contributed by atoms with Crippen molar-refractivity contribution in [2.24, 2.45) is 0 Å². The van der Waals surface area contributed by atoms with Gasteiger partial charge in [0.05, 0.1) is 12.7 Å². The van der Waals surface area contributed by atoms with Crippen LogP contribution in [0.4, 0.5) is 0 Å². The van der Waals surface area contributed by atoms with E-state index in [1.807, 2.05) is 0 Å². The SMILES string of the molecule is C#CCNC(C(=O)O)c1ncc(Cl)s1. The van der Waals surface area contributed by atoms with Crippen molar-refractivity contribution < 1.29 is 9.90 Å². The van der Waals surface area contributed by atoms with E-state index < -0.39 is 12.0 Å². The minimum Gasteiger partial charge on any atom is -0.480 e. The lowest BCUT2D eigenvalue weighted by molar-refractivity contribution is -0.139. The van der Waals surface area contributed by atoms with E-state index in [-0.39, 0.29) is 6.54 Å². The molecule has 14 heavy (non-hydrogen) atoms. The summed E-state index contributed by atoms with van der Waals surface area (Å²) in [6.45, 7) is 0.175. The average Bonchev–Trinajstić information content (AvgIpc) is 2.52. The van der Waals surface area contributed by atoms with E-state index in [0.717, 1.165) is 11.3 Å². The number of carboxylic acid groups (broad SMARTS) is 1. The predicted octanol–water partition coefficient (Wildman–Crippen LogP) is 1.14. The molecule has 6 heteroatoms. The molecule has 0 aliphatic rings. The van der Waals surface area contributed by atoms with Crippen LogP contribution in [0.3, 0.4) is 0 Å². The van der Waals surface area contributed by atoms with E-state index in [4.69, 9.17) is 23.1 Å². The first-order chi connectivity index (χ1) is 6.65. The number of aromatic nitrogens is 1. The number of aliphatic carboxylic acids is 1. The highest BCUT2D eigenvalue weighted by molar-refractivity contribution is 7.16. The quantitative estimate of drug-likeness (QED) is 0.762. The van der Waals surface area contributed by atoms with Crippen molar-refractivity contribution in [1.29, 1.82) is 0 Å². The van der Waals surface area contributed by atoms with Crippen LogP contribution < -0.4 is 5.32 Å². The van der Waals surface area contributed by atoms with Crippen LogP contribution in [0.2, 0.25) is 4.34 Å². The smallest absolute Gasteiger partial charge is 0.327 e. The number of rotatable bonds is 4. The van der Waals surface area contributed by atoms with Crippen molar-refractivity contribution >= 4 is 28.9 Å². The second-order valence-electron chi connectivity index (χ2n) is 2.36. The van der Waals surface area contributed by atoms with E-state index in [0.29, 0.717) is 9.34 Å². The van der Waals surface area contributed by atoms with Crippen molar-refractivity contribution in [3.63, 3.8) is 0 Å². The summed E-state index contributed by atoms with van der Waals surface area (Å²) in [5.41, 5.74) is 0. The summed E-state index contributed by atoms with van der Waals surface area (Å²) in [6, 6.07) is -0.886. The second kappa shape index (κ2) is 4.96. The minimum absolute atomic E-state index is 0.175. The summed E-state index contributed by atoms with van der Waals surface area (Å²) < 4.78 is 0.453. The summed E-state index contributed by atoms with van der Waals surface area (Å²) in [6.07, 6.45) is 6.42. The van der Waals surface area contributed by atoms with Crippen LogP contribution in [0.15, 0.2) is 6.20 Å². The van der Waals surface area contributed by atoms with E-state index in [9.17, 15) is 4.79 Å². The molecule has 0 radical (unpaired) electrons. The third kappa shape index (κ3) is 2.70. The molecule has 0 bridgehead atoms. The van der Waals surface area contributed by atoms with Crippen LogP contribution in [0.25, 0.3) is 0 Å². The zero-order valence-electron chi connectivity index (χ0n) is 7.03. The average molecular weight is 231 g/mol. The lowest BCUT2D eigenvalue weighted by Gasteiger charge is -2.08. The number of hydrogen-bond donors (Lipinski definition) is 2. The third-order valence-corrected chi connectivity index (χ3v) is 2.58. The molecule has 0 aliphatic carbocycles. The van der Waals surface area contributed by atoms with Gasteiger partial charge in [0.1, 0.15) is 9.34 Å². The van der Waals surface area contributed by atoms with E-state index >= 15 is 0 Å². The standard InChI is InChI=1S/C8H7ClN2O2S/c1-2-3-10-6(8(12)13)7-11-4-5(9)14-7/h1,4,6,10H,3H2,(H,12,13). The molecule has 1 heterocycles. The van der Waals surface area contributed by atoms with Crippen LogP contribution in [0, 0.1) is 12.3 Å². The Bertz CT molecular complexity index is 372. The lowest BCUT2D eigenvalue weighted by Crippen LogP contribution is -2.28. The fraction of sp³-hybridized carbons (Fsp3) is 0.250. The van der Waals surface area contributed by atoms with Gasteiger partial charge in [0.2, 0.25) is 0 Å². The Morgan fingerprint density at radius 3 is 3.07 bits per heavy atom. The number of carboxylic acids is 1. The van der Waals surface area contributed by atoms with Gasteiger partial charge in [-0.1, -0.05) is 17.5 Å². The fourth-order valence-electron chi connectivity index (χ4n) is 0.842. The van der Waals surface area contributed by atoms with Crippen molar-refractivity contribution in [1.82, 2.24) is 10.3 Å². The molecule has 0 aliphatic heterocycles. The number of hydrogen-bond acceptors (Lipinski definition) is 4. The van der Waals surface area contributed by atoms with E-state index in [1.54, 1.807) is 0 Å². The molecule has 0 aromatic carbocycles. The maximum absolute atomic E-state index is 10.8. The molecule has 2 N–H and O–H groups in total. The molecule has 1 atom stereocenters. The van der Waals surface area contributed by atoms with Gasteiger partial charge in [0.25, 0.3) is 0 Å². The van der Waals surface area contributed by atoms with Gasteiger partial charge < -0.3 is 5.11 Å². The normalized spacial score (nSPS) is 12.0. The highest BCUT2D eigenvalue weighted by Gasteiger charge is 2.21. The maximum atomic E-state index is 10.8. The van der Waals surface area contributed by atoms with Crippen LogP contribution in [0.5, 0.6) is 0 Å². The number of nitrogens with one attached hydrogen (secondary N) is 1. The van der Waals surface area contributed by atoms with Gasteiger partial charge in [-0.25, -0.2) is 4.98 Å². The van der Waals surface area contributed by atoms with Gasteiger partial charge in [-0.2, -0.15) is 0 Å². The Labute approximate surface area is 89.9 Å². The van der Waals surface area contributed by atoms with E-state index in [2.05, 4.69) is 16.2 Å². The Morgan fingerprint density at radius 1 is 1.93 bits per heavy atom. The molecule has 0 fully saturated rings. The topological polar surface area (TPSA) is 62.2 Å². The monoisotopic (exact) mass is 230 g/mol. The summed E-state index contributed by atoms with van der Waals surface area (Å²) in [5, 5.41) is 11.9. The van der Waals surface area contributed by atoms with Crippen molar-refractivity contribution in [3.8, 4) is 12.3 Å². The first-order valence-electron chi connectivity index (χ1n) is 3.66. The molecule has 0 saturated carbocycles. The molecule has 0 saturated heterocycles. The fourth-order valence-corrected chi connectivity index (χ4v) is 1.84. The number of halogens is 1. The number of thiazole rings is 1. The van der Waals surface area contributed by atoms with Gasteiger partial charge in [-0.3, -0.25) is 10.1 Å². The van der Waals surface area contributed by atoms with Gasteiger partial charge in [0, 0.05) is 0 Å².